The molecular weight excluding hydrogens is 315 g/mol. The normalized spacial score (nSPS) is 12.5. The highest BCUT2D eigenvalue weighted by atomic mass is 31.1. The molecule has 0 saturated carbocycles. The monoisotopic (exact) mass is 333 g/mol. The van der Waals surface area contributed by atoms with Crippen LogP contribution in [0, 0.1) is 0 Å². The maximum absolute atomic E-state index is 11.8. The van der Waals surface area contributed by atoms with Crippen LogP contribution in [0.5, 0.6) is 18.0 Å². The molecule has 10 nitrogen and oxygen atoms in total. The summed E-state index contributed by atoms with van der Waals surface area (Å²) in [6, 6.07) is -1.20. The fourth-order valence-corrected chi connectivity index (χ4v) is 1.89. The lowest BCUT2D eigenvalue weighted by atomic mass is 10.4. The average Bonchev–Trinajstić information content (AvgIpc) is 2.45. The van der Waals surface area contributed by atoms with E-state index in [1.807, 2.05) is 0 Å². The van der Waals surface area contributed by atoms with E-state index < -0.39 is 20.2 Å². The summed E-state index contributed by atoms with van der Waals surface area (Å²) in [5.41, 5.74) is 0. The summed E-state index contributed by atoms with van der Waals surface area (Å²) in [7, 11) is 0.243. The highest BCUT2D eigenvalue weighted by Crippen LogP contribution is 2.23. The van der Waals surface area contributed by atoms with Crippen molar-refractivity contribution in [2.75, 3.05) is 14.2 Å². The van der Waals surface area contributed by atoms with Crippen LogP contribution in [0.1, 0.15) is 20.8 Å². The first-order valence-corrected chi connectivity index (χ1v) is 7.49. The van der Waals surface area contributed by atoms with E-state index >= 15 is 0 Å². The molecule has 0 amide bonds. The van der Waals surface area contributed by atoms with Gasteiger partial charge in [-0.3, -0.25) is 4.79 Å². The molecule has 0 spiro atoms. The van der Waals surface area contributed by atoms with E-state index in [1.165, 1.54) is 21.1 Å². The van der Waals surface area contributed by atoms with Gasteiger partial charge in [-0.25, -0.2) is 0 Å². The summed E-state index contributed by atoms with van der Waals surface area (Å²) in [6.07, 6.45) is -0.271. The van der Waals surface area contributed by atoms with E-state index in [0.29, 0.717) is 0 Å². The number of aromatic nitrogens is 3. The molecule has 0 aromatic carbocycles. The number of methoxy groups -OCH3 is 2. The van der Waals surface area contributed by atoms with E-state index in [1.54, 1.807) is 13.8 Å². The van der Waals surface area contributed by atoms with Crippen molar-refractivity contribution < 1.29 is 28.1 Å². The lowest BCUT2D eigenvalue weighted by Gasteiger charge is -2.10. The number of hydrogen-bond donors (Lipinski definition) is 1. The van der Waals surface area contributed by atoms with Gasteiger partial charge in [0.15, 0.2) is 0 Å². The molecular formula is C11H18N4O6P+. The van der Waals surface area contributed by atoms with Gasteiger partial charge in [0.2, 0.25) is 0 Å². The molecule has 0 aliphatic heterocycles. The lowest BCUT2D eigenvalue weighted by Crippen LogP contribution is -2.33. The number of nitrogens with one attached hydrogen (secondary N) is 1. The van der Waals surface area contributed by atoms with Crippen LogP contribution < -0.4 is 19.1 Å². The first-order chi connectivity index (χ1) is 10.3. The number of ether oxygens (including phenoxy) is 3. The van der Waals surface area contributed by atoms with Crippen molar-refractivity contribution in [3.8, 4) is 18.0 Å². The second-order valence-electron chi connectivity index (χ2n) is 4.28. The van der Waals surface area contributed by atoms with Crippen molar-refractivity contribution in [1.82, 2.24) is 20.0 Å². The van der Waals surface area contributed by atoms with Crippen molar-refractivity contribution >= 4 is 14.1 Å². The number of nitrogens with zero attached hydrogens (tertiary/aromatic N) is 3. The van der Waals surface area contributed by atoms with Crippen LogP contribution in [-0.4, -0.2) is 47.3 Å². The van der Waals surface area contributed by atoms with Gasteiger partial charge in [-0.15, -0.1) is 15.0 Å². The van der Waals surface area contributed by atoms with Gasteiger partial charge in [0, 0.05) is 4.57 Å². The maximum atomic E-state index is 11.8. The molecule has 1 aromatic heterocycles. The van der Waals surface area contributed by atoms with Gasteiger partial charge in [-0.2, -0.15) is 4.52 Å². The molecule has 1 aromatic rings. The summed E-state index contributed by atoms with van der Waals surface area (Å²) in [5.74, 6) is -0.548. The van der Waals surface area contributed by atoms with E-state index in [4.69, 9.17) is 18.7 Å². The molecule has 1 N–H and O–H groups in total. The zero-order valence-corrected chi connectivity index (χ0v) is 13.8. The molecule has 0 radical (unpaired) electrons. The minimum atomic E-state index is -2.45. The van der Waals surface area contributed by atoms with Gasteiger partial charge >= 0.3 is 32.2 Å². The standard InChI is InChI=1S/C11H18N4O6P/c1-6(2)20-8(16)7(3)15-22(17)21-11-13-9(18-4)12-10(14-11)19-5/h6-7H,1-5H3,(H,15,17)/q+1. The Bertz CT molecular complexity index is 519. The Hall–Kier alpha value is -2.06. The zero-order chi connectivity index (χ0) is 16.7. The number of esters is 1. The van der Waals surface area contributed by atoms with Crippen molar-refractivity contribution in [1.29, 1.82) is 0 Å². The van der Waals surface area contributed by atoms with Crippen LogP contribution in [-0.2, 0) is 14.1 Å². The molecule has 0 saturated heterocycles. The van der Waals surface area contributed by atoms with Crippen LogP contribution >= 0.6 is 8.18 Å². The number of hydrogen-bond acceptors (Lipinski definition) is 9. The molecule has 22 heavy (non-hydrogen) atoms. The van der Waals surface area contributed by atoms with Gasteiger partial charge < -0.3 is 14.2 Å². The summed E-state index contributed by atoms with van der Waals surface area (Å²) < 4.78 is 31.5. The van der Waals surface area contributed by atoms with Gasteiger partial charge in [-0.1, -0.05) is 5.09 Å². The summed E-state index contributed by atoms with van der Waals surface area (Å²) >= 11 is 0. The summed E-state index contributed by atoms with van der Waals surface area (Å²) in [5, 5.41) is 2.44. The second-order valence-corrected chi connectivity index (χ2v) is 5.23. The van der Waals surface area contributed by atoms with E-state index in [9.17, 15) is 9.36 Å². The molecule has 0 aliphatic rings. The number of carbonyl (C=O) groups is 1. The quantitative estimate of drug-likeness (QED) is 0.541. The molecule has 11 heteroatoms. The van der Waals surface area contributed by atoms with Crippen LogP contribution in [0.25, 0.3) is 0 Å². The molecule has 2 atom stereocenters. The molecule has 1 heterocycles. The Kier molecular flexibility index (Phi) is 6.87. The van der Waals surface area contributed by atoms with Crippen molar-refractivity contribution in [2.45, 2.75) is 32.9 Å². The summed E-state index contributed by atoms with van der Waals surface area (Å²) in [6.45, 7) is 4.92. The first kappa shape index (κ1) is 18.0. The third kappa shape index (κ3) is 5.74. The Morgan fingerprint density at radius 1 is 1.05 bits per heavy atom. The molecule has 0 fully saturated rings. The average molecular weight is 333 g/mol. The Labute approximate surface area is 128 Å². The smallest absolute Gasteiger partial charge is 0.467 e. The highest BCUT2D eigenvalue weighted by Gasteiger charge is 2.30. The Morgan fingerprint density at radius 2 is 1.55 bits per heavy atom. The molecule has 0 aliphatic carbocycles. The molecule has 0 bridgehead atoms. The van der Waals surface area contributed by atoms with Crippen LogP contribution in [0.3, 0.4) is 0 Å². The predicted molar refractivity (Wildman–Crippen MR) is 75.0 cm³/mol. The van der Waals surface area contributed by atoms with Gasteiger partial charge in [0.25, 0.3) is 0 Å². The van der Waals surface area contributed by atoms with Crippen molar-refractivity contribution in [3.63, 3.8) is 0 Å². The van der Waals surface area contributed by atoms with Crippen LogP contribution in [0.4, 0.5) is 0 Å². The highest BCUT2D eigenvalue weighted by molar-refractivity contribution is 7.37. The second kappa shape index (κ2) is 8.40. The first-order valence-electron chi connectivity index (χ1n) is 6.31. The fraction of sp³-hybridized carbons (Fsp3) is 0.636. The third-order valence-electron chi connectivity index (χ3n) is 2.11. The van der Waals surface area contributed by atoms with Crippen molar-refractivity contribution in [3.05, 3.63) is 0 Å². The largest absolute Gasteiger partial charge is 0.667 e. The van der Waals surface area contributed by atoms with Gasteiger partial charge in [0.05, 0.1) is 20.3 Å². The minimum absolute atomic E-state index is 0.0579. The predicted octanol–water partition coefficient (Wildman–Crippen LogP) is 0.855. The Morgan fingerprint density at radius 3 is 2.00 bits per heavy atom. The molecule has 1 rings (SSSR count). The van der Waals surface area contributed by atoms with E-state index in [2.05, 4.69) is 20.0 Å². The van der Waals surface area contributed by atoms with Gasteiger partial charge in [-0.05, 0) is 20.8 Å². The number of rotatable bonds is 8. The van der Waals surface area contributed by atoms with Crippen LogP contribution in [0.15, 0.2) is 0 Å². The van der Waals surface area contributed by atoms with E-state index in [-0.39, 0.29) is 24.1 Å². The zero-order valence-electron chi connectivity index (χ0n) is 12.9. The third-order valence-corrected chi connectivity index (χ3v) is 3.04. The summed E-state index contributed by atoms with van der Waals surface area (Å²) in [4.78, 5) is 22.9. The SMILES string of the molecule is COc1nc(OC)nc(O[P+](=O)NC(C)C(=O)OC(C)C)n1. The lowest BCUT2D eigenvalue weighted by molar-refractivity contribution is -0.148. The topological polar surface area (TPSA) is 122 Å². The van der Waals surface area contributed by atoms with Crippen molar-refractivity contribution in [2.24, 2.45) is 0 Å². The van der Waals surface area contributed by atoms with E-state index in [0.717, 1.165) is 0 Å². The van der Waals surface area contributed by atoms with Gasteiger partial charge in [0.1, 0.15) is 6.04 Å². The van der Waals surface area contributed by atoms with Crippen LogP contribution in [0.2, 0.25) is 0 Å². The fourth-order valence-electron chi connectivity index (χ4n) is 1.19. The molecule has 122 valence electrons. The Balaban J connectivity index is 2.66. The number of carbonyl (C=O) groups excluding carboxylic acids is 1. The minimum Gasteiger partial charge on any atom is -0.467 e. The molecule has 2 unspecified atom stereocenters. The maximum Gasteiger partial charge on any atom is 0.667 e.